The van der Waals surface area contributed by atoms with E-state index in [1.54, 1.807) is 12.1 Å². The van der Waals surface area contributed by atoms with E-state index in [0.29, 0.717) is 10.0 Å². The summed E-state index contributed by atoms with van der Waals surface area (Å²) in [6.07, 6.45) is 0. The Morgan fingerprint density at radius 3 is 2.52 bits per heavy atom. The molecule has 0 saturated carbocycles. The Balaban J connectivity index is 1.75. The van der Waals surface area contributed by atoms with Gasteiger partial charge >= 0.3 is 0 Å². The highest BCUT2D eigenvalue weighted by atomic mass is 79.9. The van der Waals surface area contributed by atoms with E-state index in [0.717, 1.165) is 43.0 Å². The van der Waals surface area contributed by atoms with Gasteiger partial charge < -0.3 is 15.1 Å². The van der Waals surface area contributed by atoms with Crippen molar-refractivity contribution >= 4 is 27.5 Å². The SMILES string of the molecule is Cc1ccc(N2CCN(C)CC2)cc1C(=O)N[C@H](C)c1ccc(F)c(Br)c1. The molecular formula is C21H25BrFN3O. The molecule has 0 aromatic heterocycles. The number of piperazine rings is 1. The first-order chi connectivity index (χ1) is 12.8. The van der Waals surface area contributed by atoms with Crippen LogP contribution in [0.3, 0.4) is 0 Å². The summed E-state index contributed by atoms with van der Waals surface area (Å²) in [5.41, 5.74) is 3.55. The Bertz CT molecular complexity index is 834. The fourth-order valence-electron chi connectivity index (χ4n) is 3.26. The molecule has 1 atom stereocenters. The summed E-state index contributed by atoms with van der Waals surface area (Å²) in [6.45, 7) is 7.80. The molecule has 2 aromatic rings. The lowest BCUT2D eigenvalue weighted by Gasteiger charge is -2.34. The highest BCUT2D eigenvalue weighted by Crippen LogP contribution is 2.24. The zero-order valence-corrected chi connectivity index (χ0v) is 17.5. The molecule has 0 spiro atoms. The van der Waals surface area contributed by atoms with Gasteiger partial charge in [0.2, 0.25) is 0 Å². The van der Waals surface area contributed by atoms with Gasteiger partial charge in [-0.25, -0.2) is 4.39 Å². The number of likely N-dealkylation sites (N-methyl/N-ethyl adjacent to an activating group) is 1. The number of aryl methyl sites for hydroxylation is 1. The van der Waals surface area contributed by atoms with Crippen molar-refractivity contribution in [2.24, 2.45) is 0 Å². The van der Waals surface area contributed by atoms with E-state index >= 15 is 0 Å². The minimum Gasteiger partial charge on any atom is -0.369 e. The number of amides is 1. The van der Waals surface area contributed by atoms with Gasteiger partial charge in [-0.15, -0.1) is 0 Å². The number of nitrogens with one attached hydrogen (secondary N) is 1. The maximum atomic E-state index is 13.4. The smallest absolute Gasteiger partial charge is 0.252 e. The Morgan fingerprint density at radius 1 is 1.15 bits per heavy atom. The van der Waals surface area contributed by atoms with E-state index in [1.807, 2.05) is 26.0 Å². The van der Waals surface area contributed by atoms with E-state index in [-0.39, 0.29) is 17.8 Å². The monoisotopic (exact) mass is 433 g/mol. The lowest BCUT2D eigenvalue weighted by atomic mass is 10.0. The van der Waals surface area contributed by atoms with E-state index in [2.05, 4.69) is 44.2 Å². The molecule has 1 saturated heterocycles. The molecule has 0 unspecified atom stereocenters. The normalized spacial score (nSPS) is 16.3. The predicted molar refractivity (Wildman–Crippen MR) is 111 cm³/mol. The van der Waals surface area contributed by atoms with Crippen LogP contribution in [0.15, 0.2) is 40.9 Å². The molecule has 6 heteroatoms. The highest BCUT2D eigenvalue weighted by molar-refractivity contribution is 9.10. The van der Waals surface area contributed by atoms with Gasteiger partial charge in [0.15, 0.2) is 0 Å². The number of nitrogens with zero attached hydrogens (tertiary/aromatic N) is 2. The lowest BCUT2D eigenvalue weighted by Crippen LogP contribution is -2.44. The number of carbonyl (C=O) groups excluding carboxylic acids is 1. The average Bonchev–Trinajstić information content (AvgIpc) is 2.65. The minimum absolute atomic E-state index is 0.114. The van der Waals surface area contributed by atoms with E-state index in [1.165, 1.54) is 6.07 Å². The topological polar surface area (TPSA) is 35.6 Å². The van der Waals surface area contributed by atoms with Crippen LogP contribution >= 0.6 is 15.9 Å². The van der Waals surface area contributed by atoms with Crippen LogP contribution in [0.1, 0.15) is 34.5 Å². The average molecular weight is 434 g/mol. The van der Waals surface area contributed by atoms with Crippen molar-refractivity contribution in [2.75, 3.05) is 38.1 Å². The predicted octanol–water partition coefficient (Wildman–Crippen LogP) is 4.14. The number of anilines is 1. The van der Waals surface area contributed by atoms with Crippen LogP contribution in [0.2, 0.25) is 0 Å². The number of halogens is 2. The fourth-order valence-corrected chi connectivity index (χ4v) is 3.65. The van der Waals surface area contributed by atoms with Crippen molar-refractivity contribution in [3.05, 3.63) is 63.4 Å². The number of hydrogen-bond acceptors (Lipinski definition) is 3. The molecule has 1 N–H and O–H groups in total. The van der Waals surface area contributed by atoms with Crippen molar-refractivity contribution in [1.29, 1.82) is 0 Å². The van der Waals surface area contributed by atoms with E-state index in [9.17, 15) is 9.18 Å². The molecule has 1 fully saturated rings. The van der Waals surface area contributed by atoms with Crippen molar-refractivity contribution in [3.8, 4) is 0 Å². The van der Waals surface area contributed by atoms with Crippen LogP contribution in [0, 0.1) is 12.7 Å². The first-order valence-corrected chi connectivity index (χ1v) is 9.94. The second-order valence-electron chi connectivity index (χ2n) is 7.16. The van der Waals surface area contributed by atoms with E-state index in [4.69, 9.17) is 0 Å². The lowest BCUT2D eigenvalue weighted by molar-refractivity contribution is 0.0939. The van der Waals surface area contributed by atoms with Crippen molar-refractivity contribution in [2.45, 2.75) is 19.9 Å². The molecule has 144 valence electrons. The second-order valence-corrected chi connectivity index (χ2v) is 8.01. The van der Waals surface area contributed by atoms with Crippen molar-refractivity contribution in [1.82, 2.24) is 10.2 Å². The van der Waals surface area contributed by atoms with Gasteiger partial charge in [-0.2, -0.15) is 0 Å². The molecular weight excluding hydrogens is 409 g/mol. The first-order valence-electron chi connectivity index (χ1n) is 9.15. The van der Waals surface area contributed by atoms with Crippen LogP contribution in [-0.4, -0.2) is 44.0 Å². The van der Waals surface area contributed by atoms with Gasteiger partial charge in [0.05, 0.1) is 10.5 Å². The van der Waals surface area contributed by atoms with Crippen LogP contribution in [0.4, 0.5) is 10.1 Å². The van der Waals surface area contributed by atoms with Crippen LogP contribution < -0.4 is 10.2 Å². The Labute approximate surface area is 168 Å². The maximum absolute atomic E-state index is 13.4. The molecule has 1 heterocycles. The molecule has 1 amide bonds. The molecule has 1 aliphatic heterocycles. The summed E-state index contributed by atoms with van der Waals surface area (Å²) >= 11 is 3.20. The number of hydrogen-bond donors (Lipinski definition) is 1. The quantitative estimate of drug-likeness (QED) is 0.786. The molecule has 3 rings (SSSR count). The summed E-state index contributed by atoms with van der Waals surface area (Å²) < 4.78 is 13.8. The van der Waals surface area contributed by atoms with Gasteiger partial charge in [-0.05, 0) is 72.2 Å². The number of carbonyl (C=O) groups is 1. The van der Waals surface area contributed by atoms with Crippen LogP contribution in [0.5, 0.6) is 0 Å². The molecule has 1 aliphatic rings. The Kier molecular flexibility index (Phi) is 6.17. The number of rotatable bonds is 4. The second kappa shape index (κ2) is 8.40. The van der Waals surface area contributed by atoms with Crippen molar-refractivity contribution < 1.29 is 9.18 Å². The standard InChI is InChI=1S/C21H25BrFN3O/c1-14-4-6-17(26-10-8-25(3)9-11-26)13-18(14)21(27)24-15(2)16-5-7-20(23)19(22)12-16/h4-7,12-13,15H,8-11H2,1-3H3,(H,24,27)/t15-/m1/s1. The summed E-state index contributed by atoms with van der Waals surface area (Å²) in [7, 11) is 2.13. The Hall–Kier alpha value is -1.92. The van der Waals surface area contributed by atoms with Crippen LogP contribution in [-0.2, 0) is 0 Å². The molecule has 4 nitrogen and oxygen atoms in total. The number of benzene rings is 2. The van der Waals surface area contributed by atoms with Crippen molar-refractivity contribution in [3.63, 3.8) is 0 Å². The third-order valence-electron chi connectivity index (χ3n) is 5.13. The largest absolute Gasteiger partial charge is 0.369 e. The summed E-state index contributed by atoms with van der Waals surface area (Å²) in [6, 6.07) is 10.6. The van der Waals surface area contributed by atoms with Gasteiger partial charge in [-0.1, -0.05) is 12.1 Å². The summed E-state index contributed by atoms with van der Waals surface area (Å²) in [5.74, 6) is -0.426. The zero-order chi connectivity index (χ0) is 19.6. The summed E-state index contributed by atoms with van der Waals surface area (Å²) in [5, 5.41) is 3.03. The highest BCUT2D eigenvalue weighted by Gasteiger charge is 2.18. The fraction of sp³-hybridized carbons (Fsp3) is 0.381. The molecule has 27 heavy (non-hydrogen) atoms. The first kappa shape index (κ1) is 19.8. The van der Waals surface area contributed by atoms with E-state index < -0.39 is 0 Å². The molecule has 0 radical (unpaired) electrons. The molecule has 2 aromatic carbocycles. The maximum Gasteiger partial charge on any atom is 0.252 e. The third-order valence-corrected chi connectivity index (χ3v) is 5.73. The van der Waals surface area contributed by atoms with Gasteiger partial charge in [0, 0.05) is 37.4 Å². The third kappa shape index (κ3) is 4.68. The minimum atomic E-state index is -0.312. The van der Waals surface area contributed by atoms with Gasteiger partial charge in [0.25, 0.3) is 5.91 Å². The Morgan fingerprint density at radius 2 is 1.85 bits per heavy atom. The zero-order valence-electron chi connectivity index (χ0n) is 15.9. The van der Waals surface area contributed by atoms with Gasteiger partial charge in [-0.3, -0.25) is 4.79 Å². The molecule has 0 bridgehead atoms. The van der Waals surface area contributed by atoms with Crippen LogP contribution in [0.25, 0.3) is 0 Å². The summed E-state index contributed by atoms with van der Waals surface area (Å²) in [4.78, 5) is 17.5. The van der Waals surface area contributed by atoms with Gasteiger partial charge in [0.1, 0.15) is 5.82 Å². The molecule has 0 aliphatic carbocycles.